The highest BCUT2D eigenvalue weighted by Gasteiger charge is 2.49. The second-order valence-electron chi connectivity index (χ2n) is 7.11. The largest absolute Gasteiger partial charge is 0.0625 e. The molecule has 0 aliphatic heterocycles. The zero-order valence-electron chi connectivity index (χ0n) is 10.5. The third kappa shape index (κ3) is 1.61. The number of hydrogen-bond donors (Lipinski definition) is 0. The predicted octanol–water partition coefficient (Wildman–Crippen LogP) is 4.35. The van der Waals surface area contributed by atoms with E-state index in [2.05, 4.69) is 34.6 Å². The number of rotatable bonds is 1. The molecule has 0 amide bonds. The molecule has 0 nitrogen and oxygen atoms in total. The fourth-order valence-corrected chi connectivity index (χ4v) is 4.20. The summed E-state index contributed by atoms with van der Waals surface area (Å²) in [5.41, 5.74) is 0.557. The first kappa shape index (κ1) is 10.5. The molecule has 2 aliphatic rings. The summed E-state index contributed by atoms with van der Waals surface area (Å²) in [5.74, 6) is 5.13. The second-order valence-corrected chi connectivity index (χ2v) is 7.11. The molecule has 4 atom stereocenters. The molecule has 0 aromatic heterocycles. The molecule has 2 saturated carbocycles. The van der Waals surface area contributed by atoms with E-state index in [1.807, 2.05) is 0 Å². The van der Waals surface area contributed by atoms with Crippen molar-refractivity contribution in [1.82, 2.24) is 0 Å². The molecule has 82 valence electrons. The van der Waals surface area contributed by atoms with Gasteiger partial charge in [-0.2, -0.15) is 0 Å². The van der Waals surface area contributed by atoms with Crippen LogP contribution in [-0.4, -0.2) is 0 Å². The molecular formula is C14H26. The minimum atomic E-state index is 0.557. The van der Waals surface area contributed by atoms with Crippen LogP contribution in [-0.2, 0) is 0 Å². The third-order valence-electron chi connectivity index (χ3n) is 4.88. The summed E-state index contributed by atoms with van der Waals surface area (Å²) in [4.78, 5) is 0. The van der Waals surface area contributed by atoms with Gasteiger partial charge in [0.15, 0.2) is 0 Å². The Morgan fingerprint density at radius 3 is 1.93 bits per heavy atom. The van der Waals surface area contributed by atoms with Crippen molar-refractivity contribution in [3.63, 3.8) is 0 Å². The van der Waals surface area contributed by atoms with Crippen LogP contribution < -0.4 is 0 Å². The summed E-state index contributed by atoms with van der Waals surface area (Å²) < 4.78 is 0. The van der Waals surface area contributed by atoms with Crippen LogP contribution in [0.25, 0.3) is 0 Å². The first-order chi connectivity index (χ1) is 6.39. The fourth-order valence-electron chi connectivity index (χ4n) is 4.20. The molecule has 2 rings (SSSR count). The van der Waals surface area contributed by atoms with Gasteiger partial charge in [-0.25, -0.2) is 0 Å². The molecular weight excluding hydrogens is 168 g/mol. The molecule has 2 aliphatic carbocycles. The third-order valence-corrected chi connectivity index (χ3v) is 4.88. The summed E-state index contributed by atoms with van der Waals surface area (Å²) >= 11 is 0. The Labute approximate surface area is 89.5 Å². The van der Waals surface area contributed by atoms with Gasteiger partial charge >= 0.3 is 0 Å². The molecule has 2 bridgehead atoms. The van der Waals surface area contributed by atoms with Crippen molar-refractivity contribution in [3.05, 3.63) is 0 Å². The molecule has 0 saturated heterocycles. The minimum Gasteiger partial charge on any atom is -0.0625 e. The van der Waals surface area contributed by atoms with Gasteiger partial charge in [0.05, 0.1) is 0 Å². The van der Waals surface area contributed by atoms with Crippen LogP contribution >= 0.6 is 0 Å². The van der Waals surface area contributed by atoms with Gasteiger partial charge in [-0.15, -0.1) is 0 Å². The van der Waals surface area contributed by atoms with Gasteiger partial charge in [0.25, 0.3) is 0 Å². The van der Waals surface area contributed by atoms with Gasteiger partial charge in [-0.05, 0) is 54.3 Å². The Hall–Kier alpha value is 0. The Balaban J connectivity index is 2.03. The van der Waals surface area contributed by atoms with Gasteiger partial charge in [0.2, 0.25) is 0 Å². The van der Waals surface area contributed by atoms with Gasteiger partial charge in [-0.3, -0.25) is 0 Å². The van der Waals surface area contributed by atoms with Crippen LogP contribution in [0, 0.1) is 35.0 Å². The van der Waals surface area contributed by atoms with Crippen molar-refractivity contribution in [2.24, 2.45) is 35.0 Å². The number of fused-ring (bicyclic) bond motifs is 2. The Bertz CT molecular complexity index is 209. The van der Waals surface area contributed by atoms with Crippen LogP contribution in [0.2, 0.25) is 0 Å². The zero-order chi connectivity index (χ0) is 10.5. The fraction of sp³-hybridized carbons (Fsp3) is 1.00. The van der Waals surface area contributed by atoms with Gasteiger partial charge in [0.1, 0.15) is 0 Å². The molecule has 0 radical (unpaired) electrons. The molecule has 0 heteroatoms. The van der Waals surface area contributed by atoms with E-state index in [0.717, 1.165) is 29.6 Å². The number of hydrogen-bond acceptors (Lipinski definition) is 0. The topological polar surface area (TPSA) is 0 Å². The van der Waals surface area contributed by atoms with Crippen LogP contribution in [0.5, 0.6) is 0 Å². The smallest absolute Gasteiger partial charge is 0.0334 e. The van der Waals surface area contributed by atoms with Crippen molar-refractivity contribution in [1.29, 1.82) is 0 Å². The van der Waals surface area contributed by atoms with E-state index >= 15 is 0 Å². The molecule has 14 heavy (non-hydrogen) atoms. The van der Waals surface area contributed by atoms with E-state index in [1.54, 1.807) is 6.42 Å². The average Bonchev–Trinajstić information content (AvgIpc) is 2.58. The maximum absolute atomic E-state index is 2.43. The molecule has 0 heterocycles. The van der Waals surface area contributed by atoms with Crippen molar-refractivity contribution >= 4 is 0 Å². The normalized spacial score (nSPS) is 42.4. The highest BCUT2D eigenvalue weighted by Crippen LogP contribution is 2.58. The van der Waals surface area contributed by atoms with E-state index in [4.69, 9.17) is 0 Å². The monoisotopic (exact) mass is 194 g/mol. The maximum atomic E-state index is 2.43. The highest BCUT2D eigenvalue weighted by molar-refractivity contribution is 4.99. The van der Waals surface area contributed by atoms with Gasteiger partial charge < -0.3 is 0 Å². The van der Waals surface area contributed by atoms with Crippen LogP contribution in [0.3, 0.4) is 0 Å². The maximum Gasteiger partial charge on any atom is -0.0334 e. The second kappa shape index (κ2) is 3.25. The van der Waals surface area contributed by atoms with E-state index < -0.39 is 0 Å². The van der Waals surface area contributed by atoms with Crippen molar-refractivity contribution in [2.45, 2.75) is 53.9 Å². The van der Waals surface area contributed by atoms with Crippen LogP contribution in [0.15, 0.2) is 0 Å². The predicted molar refractivity (Wildman–Crippen MR) is 62.1 cm³/mol. The van der Waals surface area contributed by atoms with Crippen molar-refractivity contribution in [2.75, 3.05) is 0 Å². The van der Waals surface area contributed by atoms with E-state index in [-0.39, 0.29) is 0 Å². The first-order valence-electron chi connectivity index (χ1n) is 6.39. The summed E-state index contributed by atoms with van der Waals surface area (Å²) in [6.07, 6.45) is 4.60. The van der Waals surface area contributed by atoms with Crippen LogP contribution in [0.1, 0.15) is 53.9 Å². The highest BCUT2D eigenvalue weighted by atomic mass is 14.5. The van der Waals surface area contributed by atoms with E-state index in [1.165, 1.54) is 12.8 Å². The van der Waals surface area contributed by atoms with E-state index in [0.29, 0.717) is 5.41 Å². The molecule has 0 spiro atoms. The molecule has 0 N–H and O–H groups in total. The Morgan fingerprint density at radius 2 is 1.57 bits per heavy atom. The quantitative estimate of drug-likeness (QED) is 0.582. The Kier molecular flexibility index (Phi) is 2.44. The van der Waals surface area contributed by atoms with Gasteiger partial charge in [0, 0.05) is 0 Å². The summed E-state index contributed by atoms with van der Waals surface area (Å²) in [6, 6.07) is 0. The lowest BCUT2D eigenvalue weighted by molar-refractivity contribution is 0.119. The van der Waals surface area contributed by atoms with Crippen LogP contribution in [0.4, 0.5) is 0 Å². The molecule has 3 unspecified atom stereocenters. The van der Waals surface area contributed by atoms with Crippen molar-refractivity contribution < 1.29 is 0 Å². The van der Waals surface area contributed by atoms with E-state index in [9.17, 15) is 0 Å². The Morgan fingerprint density at radius 1 is 0.929 bits per heavy atom. The molecule has 0 aromatic rings. The minimum absolute atomic E-state index is 0.557. The molecule has 0 aromatic carbocycles. The summed E-state index contributed by atoms with van der Waals surface area (Å²) in [6.45, 7) is 12.1. The van der Waals surface area contributed by atoms with Crippen molar-refractivity contribution in [3.8, 4) is 0 Å². The lowest BCUT2D eigenvalue weighted by Gasteiger charge is -2.37. The zero-order valence-corrected chi connectivity index (χ0v) is 10.5. The standard InChI is InChI=1S/C14H26/c1-9(2)12-7-11-6-10(12)8-13(11)14(3,4)5/h9-13H,6-8H2,1-5H3/t10?,11-,12?,13?/m1/s1. The summed E-state index contributed by atoms with van der Waals surface area (Å²) in [7, 11) is 0. The summed E-state index contributed by atoms with van der Waals surface area (Å²) in [5, 5.41) is 0. The molecule has 2 fully saturated rings. The average molecular weight is 194 g/mol. The lowest BCUT2D eigenvalue weighted by Crippen LogP contribution is -2.29. The van der Waals surface area contributed by atoms with Gasteiger partial charge in [-0.1, -0.05) is 34.6 Å². The first-order valence-corrected chi connectivity index (χ1v) is 6.39. The SMILES string of the molecule is CC(C)C1C[C@H]2CC1CC2C(C)(C)C. The lowest BCUT2D eigenvalue weighted by atomic mass is 9.68.